The van der Waals surface area contributed by atoms with Gasteiger partial charge in [-0.15, -0.1) is 0 Å². The Labute approximate surface area is 240 Å². The Hall–Kier alpha value is -1.71. The van der Waals surface area contributed by atoms with E-state index < -0.39 is 53.8 Å². The molecule has 3 heterocycles. The molecule has 0 aromatic carbocycles. The van der Waals surface area contributed by atoms with Crippen molar-refractivity contribution in [2.24, 2.45) is 22.7 Å². The summed E-state index contributed by atoms with van der Waals surface area (Å²) in [5.41, 5.74) is -1.34. The highest BCUT2D eigenvalue weighted by atomic mass is 16.9. The Morgan fingerprint density at radius 2 is 1.40 bits per heavy atom. The number of carbonyl (C=O) groups excluding carboxylic acids is 3. The molecule has 230 valence electrons. The summed E-state index contributed by atoms with van der Waals surface area (Å²) < 4.78 is 33.5. The van der Waals surface area contributed by atoms with Gasteiger partial charge >= 0.3 is 17.9 Å². The molecule has 3 aliphatic heterocycles. The maximum atomic E-state index is 12.2. The van der Waals surface area contributed by atoms with Crippen LogP contribution < -0.4 is 0 Å². The van der Waals surface area contributed by atoms with E-state index in [1.54, 1.807) is 27.7 Å². The average Bonchev–Trinajstić information content (AvgIpc) is 3.45. The number of carbonyl (C=O) groups is 3. The third kappa shape index (κ3) is 7.19. The molecular formula is C31H52O9. The lowest BCUT2D eigenvalue weighted by Crippen LogP contribution is -2.42. The van der Waals surface area contributed by atoms with Crippen LogP contribution in [0, 0.1) is 22.7 Å². The van der Waals surface area contributed by atoms with Crippen LogP contribution in [0.25, 0.3) is 0 Å². The lowest BCUT2D eigenvalue weighted by molar-refractivity contribution is -0.217. The van der Waals surface area contributed by atoms with E-state index in [2.05, 4.69) is 20.8 Å². The van der Waals surface area contributed by atoms with Gasteiger partial charge in [0.25, 0.3) is 0 Å². The number of rotatable bonds is 7. The zero-order valence-electron chi connectivity index (χ0n) is 26.5. The Bertz CT molecular complexity index is 929. The Balaban J connectivity index is 0.000000226. The largest absolute Gasteiger partial charge is 0.459 e. The first-order valence-corrected chi connectivity index (χ1v) is 15.0. The Kier molecular flexibility index (Phi) is 9.74. The maximum Gasteiger partial charge on any atom is 0.350 e. The van der Waals surface area contributed by atoms with Crippen molar-refractivity contribution in [3.8, 4) is 0 Å². The van der Waals surface area contributed by atoms with Crippen LogP contribution in [0.1, 0.15) is 115 Å². The monoisotopic (exact) mass is 568 g/mol. The van der Waals surface area contributed by atoms with E-state index in [1.165, 1.54) is 25.7 Å². The molecular weight excluding hydrogens is 516 g/mol. The minimum atomic E-state index is -1.07. The molecule has 0 aromatic rings. The van der Waals surface area contributed by atoms with Gasteiger partial charge in [0, 0.05) is 0 Å². The first-order chi connectivity index (χ1) is 18.3. The molecule has 0 radical (unpaired) electrons. The van der Waals surface area contributed by atoms with Crippen LogP contribution in [-0.2, 0) is 42.8 Å². The first kappa shape index (κ1) is 32.8. The van der Waals surface area contributed by atoms with E-state index in [0.29, 0.717) is 12.3 Å². The summed E-state index contributed by atoms with van der Waals surface area (Å²) in [6, 6.07) is 0. The fourth-order valence-corrected chi connectivity index (χ4v) is 5.31. The van der Waals surface area contributed by atoms with Crippen LogP contribution >= 0.6 is 0 Å². The van der Waals surface area contributed by atoms with Crippen molar-refractivity contribution in [2.75, 3.05) is 0 Å². The van der Waals surface area contributed by atoms with Gasteiger partial charge in [0.2, 0.25) is 6.10 Å². The fourth-order valence-electron chi connectivity index (χ4n) is 5.31. The third-order valence-corrected chi connectivity index (χ3v) is 9.27. The fraction of sp³-hybridized carbons (Fsp3) is 0.903. The van der Waals surface area contributed by atoms with Gasteiger partial charge in [0.15, 0.2) is 24.3 Å². The summed E-state index contributed by atoms with van der Waals surface area (Å²) in [4.78, 5) is 36.4. The van der Waals surface area contributed by atoms with Gasteiger partial charge in [-0.1, -0.05) is 33.6 Å². The van der Waals surface area contributed by atoms with Crippen molar-refractivity contribution in [3.63, 3.8) is 0 Å². The van der Waals surface area contributed by atoms with Crippen molar-refractivity contribution in [3.05, 3.63) is 0 Å². The average molecular weight is 569 g/mol. The predicted molar refractivity (Wildman–Crippen MR) is 148 cm³/mol. The number of hydrogen-bond acceptors (Lipinski definition) is 9. The summed E-state index contributed by atoms with van der Waals surface area (Å²) >= 11 is 0. The van der Waals surface area contributed by atoms with Crippen LogP contribution in [0.5, 0.6) is 0 Å². The number of hydrogen-bond donors (Lipinski definition) is 0. The molecule has 1 aliphatic carbocycles. The summed E-state index contributed by atoms with van der Waals surface area (Å²) in [5.74, 6) is -0.521. The van der Waals surface area contributed by atoms with Gasteiger partial charge in [-0.3, -0.25) is 9.59 Å². The second kappa shape index (κ2) is 11.9. The molecule has 0 N–H and O–H groups in total. The maximum absolute atomic E-state index is 12.2. The zero-order chi connectivity index (χ0) is 30.3. The van der Waals surface area contributed by atoms with E-state index >= 15 is 0 Å². The summed E-state index contributed by atoms with van der Waals surface area (Å²) in [6.07, 6.45) is 2.87. The van der Waals surface area contributed by atoms with Gasteiger partial charge in [-0.2, -0.15) is 0 Å². The molecule has 9 nitrogen and oxygen atoms in total. The van der Waals surface area contributed by atoms with E-state index in [9.17, 15) is 14.4 Å². The molecule has 5 unspecified atom stereocenters. The highest BCUT2D eigenvalue weighted by Crippen LogP contribution is 2.43. The third-order valence-electron chi connectivity index (χ3n) is 9.27. The van der Waals surface area contributed by atoms with E-state index in [-0.39, 0.29) is 17.0 Å². The van der Waals surface area contributed by atoms with Gasteiger partial charge in [-0.05, 0) is 92.9 Å². The van der Waals surface area contributed by atoms with Crippen molar-refractivity contribution in [1.82, 2.24) is 0 Å². The molecule has 4 rings (SSSR count). The number of fused-ring (bicyclic) bond motifs is 3. The summed E-state index contributed by atoms with van der Waals surface area (Å²) in [6.45, 7) is 21.4. The molecule has 0 amide bonds. The molecule has 0 aromatic heterocycles. The van der Waals surface area contributed by atoms with Crippen LogP contribution in [-0.4, -0.2) is 60.0 Å². The quantitative estimate of drug-likeness (QED) is 0.282. The second-order valence-electron chi connectivity index (χ2n) is 14.2. The second-order valence-corrected chi connectivity index (χ2v) is 14.2. The van der Waals surface area contributed by atoms with Crippen molar-refractivity contribution in [1.29, 1.82) is 0 Å². The molecule has 5 atom stereocenters. The van der Waals surface area contributed by atoms with Crippen LogP contribution in [0.4, 0.5) is 0 Å². The molecule has 3 saturated heterocycles. The predicted octanol–water partition coefficient (Wildman–Crippen LogP) is 5.71. The van der Waals surface area contributed by atoms with Gasteiger partial charge in [-0.25, -0.2) is 4.79 Å². The van der Waals surface area contributed by atoms with Crippen LogP contribution in [0.15, 0.2) is 0 Å². The molecule has 4 aliphatic rings. The zero-order valence-corrected chi connectivity index (χ0v) is 26.5. The molecule has 9 heteroatoms. The molecule has 0 bridgehead atoms. The lowest BCUT2D eigenvalue weighted by Gasteiger charge is -2.39. The number of ether oxygens (including phenoxy) is 6. The van der Waals surface area contributed by atoms with E-state index in [4.69, 9.17) is 28.4 Å². The Morgan fingerprint density at radius 1 is 0.850 bits per heavy atom. The summed E-state index contributed by atoms with van der Waals surface area (Å²) in [5, 5.41) is 0. The minimum absolute atomic E-state index is 0.0476. The van der Waals surface area contributed by atoms with Crippen molar-refractivity contribution < 1.29 is 42.8 Å². The van der Waals surface area contributed by atoms with Gasteiger partial charge in [0.1, 0.15) is 11.7 Å². The normalized spacial score (nSPS) is 33.3. The number of esters is 3. The first-order valence-electron chi connectivity index (χ1n) is 15.0. The van der Waals surface area contributed by atoms with E-state index in [1.807, 2.05) is 27.7 Å². The molecule has 4 fully saturated rings. The summed E-state index contributed by atoms with van der Waals surface area (Å²) in [7, 11) is 0. The van der Waals surface area contributed by atoms with Crippen LogP contribution in [0.2, 0.25) is 0 Å². The van der Waals surface area contributed by atoms with Gasteiger partial charge in [0.05, 0.1) is 10.8 Å². The smallest absolute Gasteiger partial charge is 0.350 e. The lowest BCUT2D eigenvalue weighted by atomic mass is 9.75. The molecule has 1 saturated carbocycles. The molecule has 0 spiro atoms. The molecule has 40 heavy (non-hydrogen) atoms. The standard InChI is InChI=1S/C16H30O2.C15H22O7/c1-7-15(3,4)14(17)18-16(5,6)13-10-8-12(2)9-11-13;1-6-14(2,3)13(17)20-9-7-8(18-11(9)16)10-12(19-7)22-15(4,5)21-10/h12-13H,7-11H2,1-6H3;7-10,12H,6H2,1-5H3. The highest BCUT2D eigenvalue weighted by Gasteiger charge is 2.64. The highest BCUT2D eigenvalue weighted by molar-refractivity contribution is 5.84. The SMILES string of the molecule is CCC(C)(C)C(=O)OC(C)(C)C1CCC(C)CC1.CCC(C)(C)C(=O)OC1C(=O)OC2C3OC(C)(C)OC3OC12. The van der Waals surface area contributed by atoms with Crippen molar-refractivity contribution in [2.45, 2.75) is 157 Å². The Morgan fingerprint density at radius 3 is 1.95 bits per heavy atom. The van der Waals surface area contributed by atoms with Crippen LogP contribution in [0.3, 0.4) is 0 Å². The minimum Gasteiger partial charge on any atom is -0.459 e. The van der Waals surface area contributed by atoms with Gasteiger partial charge < -0.3 is 28.4 Å². The van der Waals surface area contributed by atoms with E-state index in [0.717, 1.165) is 12.3 Å². The topological polar surface area (TPSA) is 107 Å². The van der Waals surface area contributed by atoms with Crippen molar-refractivity contribution >= 4 is 17.9 Å².